The van der Waals surface area contributed by atoms with E-state index in [-0.39, 0.29) is 22.5 Å². The molecule has 0 radical (unpaired) electrons. The number of fused-ring (bicyclic) bond motifs is 1. The maximum absolute atomic E-state index is 12.7. The van der Waals surface area contributed by atoms with Gasteiger partial charge in [-0.15, -0.1) is 0 Å². The Bertz CT molecular complexity index is 1090. The van der Waals surface area contributed by atoms with Crippen LogP contribution >= 0.6 is 0 Å². The van der Waals surface area contributed by atoms with Gasteiger partial charge in [0.25, 0.3) is 5.91 Å². The first-order chi connectivity index (χ1) is 13.8. The van der Waals surface area contributed by atoms with E-state index >= 15 is 0 Å². The number of para-hydroxylation sites is 1. The van der Waals surface area contributed by atoms with Gasteiger partial charge in [0.1, 0.15) is 16.2 Å². The minimum Gasteiger partial charge on any atom is -0.451 e. The highest BCUT2D eigenvalue weighted by atomic mass is 32.2. The number of nitrogens with zero attached hydrogens (tertiary/aromatic N) is 2. The van der Waals surface area contributed by atoms with Crippen molar-refractivity contribution < 1.29 is 22.2 Å². The fourth-order valence-electron chi connectivity index (χ4n) is 3.74. The van der Waals surface area contributed by atoms with Crippen molar-refractivity contribution >= 4 is 26.9 Å². The zero-order chi connectivity index (χ0) is 20.6. The fourth-order valence-corrected chi connectivity index (χ4v) is 5.18. The van der Waals surface area contributed by atoms with Crippen molar-refractivity contribution in [2.45, 2.75) is 31.6 Å². The predicted molar refractivity (Wildman–Crippen MR) is 106 cm³/mol. The first-order valence-electron chi connectivity index (χ1n) is 9.55. The molecule has 0 atom stereocenters. The molecule has 154 valence electrons. The third kappa shape index (κ3) is 3.92. The van der Waals surface area contributed by atoms with Crippen molar-refractivity contribution in [2.75, 3.05) is 19.6 Å². The van der Waals surface area contributed by atoms with E-state index in [1.54, 1.807) is 24.8 Å². The number of nitrogens with one attached hydrogen (secondary N) is 1. The molecule has 0 aliphatic carbocycles. The summed E-state index contributed by atoms with van der Waals surface area (Å²) in [4.78, 5) is 14.6. The number of furan rings is 1. The lowest BCUT2D eigenvalue weighted by atomic mass is 9.97. The minimum absolute atomic E-state index is 0.106. The van der Waals surface area contributed by atoms with Gasteiger partial charge in [-0.05, 0) is 44.7 Å². The zero-order valence-electron chi connectivity index (χ0n) is 16.3. The molecule has 2 aromatic heterocycles. The molecule has 4 rings (SSSR count). The number of likely N-dealkylation sites (tertiary alicyclic amines) is 1. The molecule has 1 aliphatic heterocycles. The number of hydrogen-bond donors (Lipinski definition) is 1. The SMILES string of the molecule is Cc1noc(C)c1S(=O)(=O)NCC1CCN(C(=O)c2cc3ccccc3o2)CC1. The Morgan fingerprint density at radius 1 is 1.24 bits per heavy atom. The van der Waals surface area contributed by atoms with Crippen LogP contribution < -0.4 is 4.72 Å². The molecule has 0 spiro atoms. The quantitative estimate of drug-likeness (QED) is 0.684. The van der Waals surface area contributed by atoms with Crippen LogP contribution in [0.5, 0.6) is 0 Å². The van der Waals surface area contributed by atoms with E-state index in [1.807, 2.05) is 24.3 Å². The summed E-state index contributed by atoms with van der Waals surface area (Å²) in [6.07, 6.45) is 1.44. The molecule has 29 heavy (non-hydrogen) atoms. The molecule has 1 aliphatic rings. The average Bonchev–Trinajstić information content (AvgIpc) is 3.29. The van der Waals surface area contributed by atoms with E-state index in [0.29, 0.717) is 36.7 Å². The van der Waals surface area contributed by atoms with Gasteiger partial charge in [0.15, 0.2) is 11.5 Å². The molecule has 1 amide bonds. The van der Waals surface area contributed by atoms with Crippen LogP contribution in [0.25, 0.3) is 11.0 Å². The monoisotopic (exact) mass is 417 g/mol. The number of aromatic nitrogens is 1. The van der Waals surface area contributed by atoms with E-state index in [9.17, 15) is 13.2 Å². The van der Waals surface area contributed by atoms with Gasteiger partial charge in [0, 0.05) is 25.0 Å². The molecular weight excluding hydrogens is 394 g/mol. The molecule has 0 saturated carbocycles. The Hall–Kier alpha value is -2.65. The summed E-state index contributed by atoms with van der Waals surface area (Å²) in [6, 6.07) is 9.29. The van der Waals surface area contributed by atoms with Crippen molar-refractivity contribution in [1.29, 1.82) is 0 Å². The van der Waals surface area contributed by atoms with Gasteiger partial charge in [-0.1, -0.05) is 23.4 Å². The number of amides is 1. The third-order valence-electron chi connectivity index (χ3n) is 5.34. The Morgan fingerprint density at radius 2 is 1.97 bits per heavy atom. The van der Waals surface area contributed by atoms with Crippen LogP contribution in [0, 0.1) is 19.8 Å². The number of aryl methyl sites for hydroxylation is 2. The van der Waals surface area contributed by atoms with Gasteiger partial charge in [-0.25, -0.2) is 13.1 Å². The van der Waals surface area contributed by atoms with Crippen LogP contribution in [0.1, 0.15) is 34.9 Å². The third-order valence-corrected chi connectivity index (χ3v) is 7.00. The topological polar surface area (TPSA) is 106 Å². The number of carbonyl (C=O) groups excluding carboxylic acids is 1. The molecule has 1 aromatic carbocycles. The number of piperidine rings is 1. The summed E-state index contributed by atoms with van der Waals surface area (Å²) < 4.78 is 38.3. The van der Waals surface area contributed by atoms with Crippen molar-refractivity contribution in [3.05, 3.63) is 47.5 Å². The number of hydrogen-bond acceptors (Lipinski definition) is 6. The van der Waals surface area contributed by atoms with E-state index in [0.717, 1.165) is 18.2 Å². The van der Waals surface area contributed by atoms with E-state index in [1.165, 1.54) is 0 Å². The first-order valence-corrected chi connectivity index (χ1v) is 11.0. The molecule has 3 aromatic rings. The smallest absolute Gasteiger partial charge is 0.289 e. The van der Waals surface area contributed by atoms with Crippen LogP contribution in [-0.2, 0) is 10.0 Å². The summed E-state index contributed by atoms with van der Waals surface area (Å²) in [7, 11) is -3.67. The summed E-state index contributed by atoms with van der Waals surface area (Å²) >= 11 is 0. The van der Waals surface area contributed by atoms with Crippen LogP contribution in [0.15, 0.2) is 44.2 Å². The van der Waals surface area contributed by atoms with Crippen molar-refractivity contribution in [2.24, 2.45) is 5.92 Å². The van der Waals surface area contributed by atoms with Crippen molar-refractivity contribution in [3.63, 3.8) is 0 Å². The Morgan fingerprint density at radius 3 is 2.62 bits per heavy atom. The highest BCUT2D eigenvalue weighted by Gasteiger charge is 2.28. The standard InChI is InChI=1S/C20H23N3O5S/c1-13-19(14(2)28-22-13)29(25,26)21-12-15-7-9-23(10-8-15)20(24)18-11-16-5-3-4-6-17(16)27-18/h3-6,11,15,21H,7-10,12H2,1-2H3. The van der Waals surface area contributed by atoms with Gasteiger partial charge >= 0.3 is 0 Å². The zero-order valence-corrected chi connectivity index (χ0v) is 17.2. The molecular formula is C20H23N3O5S. The molecule has 0 unspecified atom stereocenters. The summed E-state index contributed by atoms with van der Waals surface area (Å²) in [6.45, 7) is 4.63. The summed E-state index contributed by atoms with van der Waals surface area (Å²) in [5.74, 6) is 0.644. The predicted octanol–water partition coefficient (Wildman–Crippen LogP) is 2.87. The van der Waals surface area contributed by atoms with Crippen LogP contribution in [0.2, 0.25) is 0 Å². The van der Waals surface area contributed by atoms with E-state index in [4.69, 9.17) is 8.94 Å². The van der Waals surface area contributed by atoms with Crippen LogP contribution in [0.4, 0.5) is 0 Å². The largest absolute Gasteiger partial charge is 0.451 e. The molecule has 1 fully saturated rings. The maximum Gasteiger partial charge on any atom is 0.289 e. The van der Waals surface area contributed by atoms with Gasteiger partial charge in [0.2, 0.25) is 10.0 Å². The Labute approximate surface area is 168 Å². The normalized spacial score (nSPS) is 15.9. The second kappa shape index (κ2) is 7.64. The lowest BCUT2D eigenvalue weighted by molar-refractivity contribution is 0.0662. The maximum atomic E-state index is 12.7. The van der Waals surface area contributed by atoms with Crippen LogP contribution in [-0.4, -0.2) is 44.0 Å². The van der Waals surface area contributed by atoms with Gasteiger partial charge in [-0.2, -0.15) is 0 Å². The number of benzene rings is 1. The second-order valence-corrected chi connectivity index (χ2v) is 9.09. The first kappa shape index (κ1) is 19.7. The fraction of sp³-hybridized carbons (Fsp3) is 0.400. The molecule has 0 bridgehead atoms. The lowest BCUT2D eigenvalue weighted by Gasteiger charge is -2.31. The minimum atomic E-state index is -3.67. The number of carbonyl (C=O) groups is 1. The van der Waals surface area contributed by atoms with Crippen molar-refractivity contribution in [1.82, 2.24) is 14.8 Å². The van der Waals surface area contributed by atoms with E-state index in [2.05, 4.69) is 9.88 Å². The molecule has 1 saturated heterocycles. The van der Waals surface area contributed by atoms with Gasteiger partial charge in [-0.3, -0.25) is 4.79 Å². The Balaban J connectivity index is 1.34. The van der Waals surface area contributed by atoms with Gasteiger partial charge < -0.3 is 13.8 Å². The highest BCUT2D eigenvalue weighted by Crippen LogP contribution is 2.24. The molecule has 1 N–H and O–H groups in total. The lowest BCUT2D eigenvalue weighted by Crippen LogP contribution is -2.41. The summed E-state index contributed by atoms with van der Waals surface area (Å²) in [5.41, 5.74) is 1.04. The van der Waals surface area contributed by atoms with Crippen LogP contribution in [0.3, 0.4) is 0 Å². The Kier molecular flexibility index (Phi) is 5.18. The number of rotatable bonds is 5. The van der Waals surface area contributed by atoms with Gasteiger partial charge in [0.05, 0.1) is 0 Å². The highest BCUT2D eigenvalue weighted by molar-refractivity contribution is 7.89. The van der Waals surface area contributed by atoms with Crippen molar-refractivity contribution in [3.8, 4) is 0 Å². The number of sulfonamides is 1. The summed E-state index contributed by atoms with van der Waals surface area (Å²) in [5, 5.41) is 4.61. The molecule has 8 nitrogen and oxygen atoms in total. The molecule has 9 heteroatoms. The molecule has 3 heterocycles. The average molecular weight is 417 g/mol. The second-order valence-electron chi connectivity index (χ2n) is 7.39. The van der Waals surface area contributed by atoms with E-state index < -0.39 is 10.0 Å².